The highest BCUT2D eigenvalue weighted by molar-refractivity contribution is 5.17. The molecule has 2 rings (SSSR count). The van der Waals surface area contributed by atoms with Gasteiger partial charge in [0.2, 0.25) is 0 Å². The maximum Gasteiger partial charge on any atom is 0.270 e. The van der Waals surface area contributed by atoms with Crippen LogP contribution in [0.25, 0.3) is 0 Å². The lowest BCUT2D eigenvalue weighted by molar-refractivity contribution is 0.900. The summed E-state index contributed by atoms with van der Waals surface area (Å²) in [7, 11) is 0. The largest absolute Gasteiger partial charge is 0.323 e. The molecule has 0 aliphatic heterocycles. The Hall–Kier alpha value is -1.12. The van der Waals surface area contributed by atoms with E-state index in [9.17, 15) is 4.79 Å². The van der Waals surface area contributed by atoms with Gasteiger partial charge in [0.15, 0.2) is 0 Å². The molecule has 12 heavy (non-hydrogen) atoms. The number of H-pyrrole nitrogens is 1. The van der Waals surface area contributed by atoms with E-state index in [4.69, 9.17) is 0 Å². The fraction of sp³-hybridized carbons (Fsp3) is 0.556. The molecule has 0 spiro atoms. The second kappa shape index (κ2) is 2.44. The predicted octanol–water partition coefficient (Wildman–Crippen LogP) is 1.26. The van der Waals surface area contributed by atoms with Gasteiger partial charge >= 0.3 is 0 Å². The van der Waals surface area contributed by atoms with Crippen molar-refractivity contribution in [3.63, 3.8) is 0 Å². The normalized spacial score (nSPS) is 16.5. The Bertz CT molecular complexity index is 363. The van der Waals surface area contributed by atoms with Crippen LogP contribution in [0.4, 0.5) is 0 Å². The molecular weight excluding hydrogens is 152 g/mol. The lowest BCUT2D eigenvalue weighted by atomic mass is 10.2. The Morgan fingerprint density at radius 1 is 1.42 bits per heavy atom. The lowest BCUT2D eigenvalue weighted by Gasteiger charge is -2.01. The number of hydrogen-bond donors (Lipinski definition) is 1. The third-order valence-electron chi connectivity index (χ3n) is 2.33. The lowest BCUT2D eigenvalue weighted by Crippen LogP contribution is -2.16. The van der Waals surface area contributed by atoms with E-state index < -0.39 is 0 Å². The van der Waals surface area contributed by atoms with Gasteiger partial charge in [-0.1, -0.05) is 0 Å². The number of rotatable bonds is 1. The van der Waals surface area contributed by atoms with Crippen LogP contribution in [0.3, 0.4) is 0 Å². The summed E-state index contributed by atoms with van der Waals surface area (Å²) < 4.78 is 0. The van der Waals surface area contributed by atoms with Crippen molar-refractivity contribution in [3.05, 3.63) is 27.4 Å². The van der Waals surface area contributed by atoms with Gasteiger partial charge in [0.1, 0.15) is 5.69 Å². The maximum absolute atomic E-state index is 11.4. The Balaban J connectivity index is 2.55. The molecule has 64 valence electrons. The van der Waals surface area contributed by atoms with Gasteiger partial charge < -0.3 is 4.98 Å². The summed E-state index contributed by atoms with van der Waals surface area (Å²) >= 11 is 0. The molecule has 1 aliphatic carbocycles. The van der Waals surface area contributed by atoms with Crippen molar-refractivity contribution in [1.29, 1.82) is 0 Å². The quantitative estimate of drug-likeness (QED) is 0.679. The molecule has 1 aromatic heterocycles. The van der Waals surface area contributed by atoms with E-state index >= 15 is 0 Å². The van der Waals surface area contributed by atoms with Gasteiger partial charge in [0, 0.05) is 11.6 Å². The molecule has 0 aromatic carbocycles. The van der Waals surface area contributed by atoms with Crippen LogP contribution in [0.1, 0.15) is 35.8 Å². The zero-order chi connectivity index (χ0) is 8.72. The molecule has 1 fully saturated rings. The van der Waals surface area contributed by atoms with Crippen molar-refractivity contribution in [2.45, 2.75) is 32.6 Å². The van der Waals surface area contributed by atoms with Gasteiger partial charge in [-0.15, -0.1) is 0 Å². The highest BCUT2D eigenvalue weighted by Gasteiger charge is 2.28. The summed E-state index contributed by atoms with van der Waals surface area (Å²) in [6.45, 7) is 3.80. The van der Waals surface area contributed by atoms with Gasteiger partial charge in [-0.2, -0.15) is 0 Å². The van der Waals surface area contributed by atoms with Gasteiger partial charge in [-0.3, -0.25) is 9.78 Å². The molecule has 3 nitrogen and oxygen atoms in total. The third-order valence-corrected chi connectivity index (χ3v) is 2.33. The minimum absolute atomic E-state index is 0.000556. The molecule has 0 atom stereocenters. The zero-order valence-electron chi connectivity index (χ0n) is 7.35. The van der Waals surface area contributed by atoms with Crippen LogP contribution in [0, 0.1) is 13.8 Å². The zero-order valence-corrected chi connectivity index (χ0v) is 7.35. The van der Waals surface area contributed by atoms with Crippen LogP contribution in [0.15, 0.2) is 4.79 Å². The topological polar surface area (TPSA) is 45.8 Å². The van der Waals surface area contributed by atoms with Gasteiger partial charge in [0.05, 0.1) is 5.69 Å². The number of aryl methyl sites for hydroxylation is 2. The molecular formula is C9H12N2O. The summed E-state index contributed by atoms with van der Waals surface area (Å²) in [5, 5.41) is 0. The summed E-state index contributed by atoms with van der Waals surface area (Å²) in [4.78, 5) is 18.5. The van der Waals surface area contributed by atoms with Crippen molar-refractivity contribution >= 4 is 0 Å². The monoisotopic (exact) mass is 164 g/mol. The van der Waals surface area contributed by atoms with Crippen molar-refractivity contribution in [1.82, 2.24) is 9.97 Å². The van der Waals surface area contributed by atoms with E-state index in [2.05, 4.69) is 9.97 Å². The first-order valence-electron chi connectivity index (χ1n) is 4.26. The van der Waals surface area contributed by atoms with Crippen LogP contribution >= 0.6 is 0 Å². The molecule has 0 saturated heterocycles. The highest BCUT2D eigenvalue weighted by atomic mass is 16.1. The SMILES string of the molecule is Cc1nc(C2CC2)c(=O)[nH]c1C. The molecule has 1 aliphatic rings. The minimum atomic E-state index is 0.000556. The van der Waals surface area contributed by atoms with E-state index in [0.717, 1.165) is 29.9 Å². The fourth-order valence-corrected chi connectivity index (χ4v) is 1.27. The molecule has 1 aromatic rings. The molecule has 3 heteroatoms. The van der Waals surface area contributed by atoms with E-state index in [0.29, 0.717) is 5.92 Å². The van der Waals surface area contributed by atoms with Crippen molar-refractivity contribution < 1.29 is 0 Å². The molecule has 1 saturated carbocycles. The Labute approximate surface area is 70.9 Å². The highest BCUT2D eigenvalue weighted by Crippen LogP contribution is 2.37. The fourth-order valence-electron chi connectivity index (χ4n) is 1.27. The van der Waals surface area contributed by atoms with Gasteiger partial charge in [-0.05, 0) is 26.7 Å². The molecule has 1 heterocycles. The minimum Gasteiger partial charge on any atom is -0.323 e. The van der Waals surface area contributed by atoms with E-state index in [-0.39, 0.29) is 5.56 Å². The van der Waals surface area contributed by atoms with Crippen LogP contribution < -0.4 is 5.56 Å². The molecule has 1 N–H and O–H groups in total. The first kappa shape index (κ1) is 7.53. The molecule has 0 unspecified atom stereocenters. The summed E-state index contributed by atoms with van der Waals surface area (Å²) in [5.41, 5.74) is 2.56. The molecule has 0 amide bonds. The molecule has 0 radical (unpaired) electrons. The van der Waals surface area contributed by atoms with Crippen molar-refractivity contribution in [2.75, 3.05) is 0 Å². The summed E-state index contributed by atoms with van der Waals surface area (Å²) in [6, 6.07) is 0. The second-order valence-electron chi connectivity index (χ2n) is 3.44. The van der Waals surface area contributed by atoms with Crippen molar-refractivity contribution in [2.24, 2.45) is 0 Å². The first-order valence-corrected chi connectivity index (χ1v) is 4.26. The smallest absolute Gasteiger partial charge is 0.270 e. The second-order valence-corrected chi connectivity index (χ2v) is 3.44. The van der Waals surface area contributed by atoms with Crippen molar-refractivity contribution in [3.8, 4) is 0 Å². The number of hydrogen-bond acceptors (Lipinski definition) is 2. The third kappa shape index (κ3) is 1.15. The Morgan fingerprint density at radius 3 is 2.67 bits per heavy atom. The maximum atomic E-state index is 11.4. The summed E-state index contributed by atoms with van der Waals surface area (Å²) in [6.07, 6.45) is 2.25. The number of aromatic nitrogens is 2. The van der Waals surface area contributed by atoms with E-state index in [1.54, 1.807) is 0 Å². The predicted molar refractivity (Wildman–Crippen MR) is 46.3 cm³/mol. The Kier molecular flexibility index (Phi) is 1.53. The number of nitrogens with one attached hydrogen (secondary N) is 1. The van der Waals surface area contributed by atoms with E-state index in [1.807, 2.05) is 13.8 Å². The number of nitrogens with zero attached hydrogens (tertiary/aromatic N) is 1. The average Bonchev–Trinajstić information content (AvgIpc) is 2.79. The van der Waals surface area contributed by atoms with Crippen LogP contribution in [-0.4, -0.2) is 9.97 Å². The standard InChI is InChI=1S/C9H12N2O/c1-5-6(2)11-9(12)8(10-5)7-3-4-7/h7H,3-4H2,1-2H3,(H,11,12). The number of aromatic amines is 1. The Morgan fingerprint density at radius 2 is 2.08 bits per heavy atom. The van der Waals surface area contributed by atoms with Crippen LogP contribution in [0.2, 0.25) is 0 Å². The molecule has 0 bridgehead atoms. The first-order chi connectivity index (χ1) is 5.68. The van der Waals surface area contributed by atoms with Crippen LogP contribution in [-0.2, 0) is 0 Å². The summed E-state index contributed by atoms with van der Waals surface area (Å²) in [5.74, 6) is 0.438. The van der Waals surface area contributed by atoms with Gasteiger partial charge in [-0.25, -0.2) is 0 Å². The van der Waals surface area contributed by atoms with Gasteiger partial charge in [0.25, 0.3) is 5.56 Å². The van der Waals surface area contributed by atoms with Crippen LogP contribution in [0.5, 0.6) is 0 Å². The average molecular weight is 164 g/mol. The van der Waals surface area contributed by atoms with E-state index in [1.165, 1.54) is 0 Å².